The van der Waals surface area contributed by atoms with Gasteiger partial charge in [-0.15, -0.1) is 0 Å². The molecular weight excluding hydrogens is 212 g/mol. The van der Waals surface area contributed by atoms with Crippen molar-refractivity contribution in [1.29, 1.82) is 0 Å². The van der Waals surface area contributed by atoms with Gasteiger partial charge in [0.15, 0.2) is 0 Å². The number of aromatic nitrogens is 1. The molecule has 3 N–H and O–H groups in total. The van der Waals surface area contributed by atoms with Gasteiger partial charge in [0.1, 0.15) is 5.82 Å². The average molecular weight is 236 g/mol. The second kappa shape index (κ2) is 5.50. The molecule has 96 valence electrons. The Kier molecular flexibility index (Phi) is 4.52. The molecule has 1 aromatic rings. The number of nitrogens with two attached hydrogens (primary N) is 1. The molecule has 0 radical (unpaired) electrons. The van der Waals surface area contributed by atoms with Gasteiger partial charge in [-0.25, -0.2) is 4.98 Å². The Morgan fingerprint density at radius 2 is 1.76 bits per heavy atom. The van der Waals surface area contributed by atoms with Crippen LogP contribution in [0.3, 0.4) is 0 Å². The Balaban J connectivity index is 3.09. The van der Waals surface area contributed by atoms with Crippen molar-refractivity contribution in [2.45, 2.75) is 46.1 Å². The molecule has 3 heteroatoms. The number of nitrogen functional groups attached to an aromatic ring is 1. The first-order valence-electron chi connectivity index (χ1n) is 6.28. The van der Waals surface area contributed by atoms with Crippen molar-refractivity contribution >= 4 is 5.82 Å². The van der Waals surface area contributed by atoms with Gasteiger partial charge >= 0.3 is 0 Å². The zero-order chi connectivity index (χ0) is 13.1. The number of anilines is 1. The summed E-state index contributed by atoms with van der Waals surface area (Å²) in [6.07, 6.45) is 3.08. The van der Waals surface area contributed by atoms with Crippen molar-refractivity contribution in [3.63, 3.8) is 0 Å². The molecule has 0 atom stereocenters. The third-order valence-electron chi connectivity index (χ3n) is 2.83. The van der Waals surface area contributed by atoms with Crippen LogP contribution in [0, 0.1) is 11.8 Å². The van der Waals surface area contributed by atoms with E-state index in [0.717, 1.165) is 5.56 Å². The molecule has 0 saturated heterocycles. The summed E-state index contributed by atoms with van der Waals surface area (Å²) >= 11 is 0. The van der Waals surface area contributed by atoms with E-state index >= 15 is 0 Å². The van der Waals surface area contributed by atoms with Crippen LogP contribution in [0.5, 0.6) is 0 Å². The summed E-state index contributed by atoms with van der Waals surface area (Å²) in [6, 6.07) is 3.71. The van der Waals surface area contributed by atoms with E-state index in [2.05, 4.69) is 32.7 Å². The molecule has 0 unspecified atom stereocenters. The Morgan fingerprint density at radius 3 is 2.18 bits per heavy atom. The van der Waals surface area contributed by atoms with Crippen LogP contribution in [0.2, 0.25) is 0 Å². The highest BCUT2D eigenvalue weighted by atomic mass is 16.3. The Morgan fingerprint density at radius 1 is 1.24 bits per heavy atom. The van der Waals surface area contributed by atoms with Gasteiger partial charge in [-0.2, -0.15) is 0 Å². The van der Waals surface area contributed by atoms with Crippen molar-refractivity contribution in [3.05, 3.63) is 23.9 Å². The lowest BCUT2D eigenvalue weighted by atomic mass is 9.80. The maximum atomic E-state index is 10.9. The fourth-order valence-corrected chi connectivity index (χ4v) is 2.47. The van der Waals surface area contributed by atoms with Gasteiger partial charge in [0.25, 0.3) is 0 Å². The average Bonchev–Trinajstić information content (AvgIpc) is 2.15. The molecule has 1 aromatic heterocycles. The summed E-state index contributed by atoms with van der Waals surface area (Å²) in [7, 11) is 0. The van der Waals surface area contributed by atoms with Gasteiger partial charge < -0.3 is 10.8 Å². The van der Waals surface area contributed by atoms with Crippen molar-refractivity contribution in [1.82, 2.24) is 4.98 Å². The van der Waals surface area contributed by atoms with E-state index in [1.165, 1.54) is 0 Å². The second-order valence-corrected chi connectivity index (χ2v) is 5.66. The normalized spacial score (nSPS) is 12.4. The first-order valence-corrected chi connectivity index (χ1v) is 6.28. The summed E-state index contributed by atoms with van der Waals surface area (Å²) in [6.45, 7) is 8.44. The number of hydrogen-bond donors (Lipinski definition) is 2. The molecule has 1 heterocycles. The largest absolute Gasteiger partial charge is 0.385 e. The third-order valence-corrected chi connectivity index (χ3v) is 2.83. The van der Waals surface area contributed by atoms with E-state index < -0.39 is 5.60 Å². The predicted octanol–water partition coefficient (Wildman–Crippen LogP) is 2.94. The highest BCUT2D eigenvalue weighted by molar-refractivity contribution is 5.42. The monoisotopic (exact) mass is 236 g/mol. The highest BCUT2D eigenvalue weighted by Crippen LogP contribution is 2.36. The van der Waals surface area contributed by atoms with Crippen molar-refractivity contribution in [2.24, 2.45) is 11.8 Å². The minimum absolute atomic E-state index is 0.415. The Hall–Kier alpha value is -1.09. The van der Waals surface area contributed by atoms with Crippen LogP contribution in [0.25, 0.3) is 0 Å². The number of pyridine rings is 1. The van der Waals surface area contributed by atoms with E-state index in [9.17, 15) is 5.11 Å². The number of aliphatic hydroxyl groups is 1. The van der Waals surface area contributed by atoms with E-state index in [1.54, 1.807) is 6.20 Å². The van der Waals surface area contributed by atoms with E-state index in [-0.39, 0.29) is 0 Å². The molecule has 0 spiro atoms. The lowest BCUT2D eigenvalue weighted by Crippen LogP contribution is -2.30. The first kappa shape index (κ1) is 14.0. The molecule has 0 fully saturated rings. The van der Waals surface area contributed by atoms with Gasteiger partial charge in [-0.05, 0) is 30.7 Å². The van der Waals surface area contributed by atoms with E-state index in [0.29, 0.717) is 30.5 Å². The molecule has 17 heavy (non-hydrogen) atoms. The van der Waals surface area contributed by atoms with Gasteiger partial charge in [0.2, 0.25) is 0 Å². The second-order valence-electron chi connectivity index (χ2n) is 5.66. The molecule has 0 bridgehead atoms. The van der Waals surface area contributed by atoms with Crippen LogP contribution in [-0.2, 0) is 5.60 Å². The first-order chi connectivity index (χ1) is 7.85. The van der Waals surface area contributed by atoms with Crippen molar-refractivity contribution < 1.29 is 5.11 Å². The van der Waals surface area contributed by atoms with Crippen molar-refractivity contribution in [2.75, 3.05) is 5.73 Å². The topological polar surface area (TPSA) is 59.1 Å². The number of nitrogens with zero attached hydrogens (tertiary/aromatic N) is 1. The van der Waals surface area contributed by atoms with Gasteiger partial charge in [0, 0.05) is 11.8 Å². The molecular formula is C14H24N2O. The summed E-state index contributed by atoms with van der Waals surface area (Å²) in [5.41, 5.74) is 5.79. The van der Waals surface area contributed by atoms with E-state index in [4.69, 9.17) is 5.73 Å². The molecule has 0 aliphatic rings. The third kappa shape index (κ3) is 3.70. The molecule has 3 nitrogen and oxygen atoms in total. The fourth-order valence-electron chi connectivity index (χ4n) is 2.47. The number of rotatable bonds is 5. The smallest absolute Gasteiger partial charge is 0.129 e. The van der Waals surface area contributed by atoms with Crippen molar-refractivity contribution in [3.8, 4) is 0 Å². The predicted molar refractivity (Wildman–Crippen MR) is 71.5 cm³/mol. The molecule has 0 amide bonds. The van der Waals surface area contributed by atoms with Gasteiger partial charge in [-0.1, -0.05) is 33.8 Å². The zero-order valence-electron chi connectivity index (χ0n) is 11.3. The maximum absolute atomic E-state index is 10.9. The van der Waals surface area contributed by atoms with E-state index in [1.807, 2.05) is 12.1 Å². The van der Waals surface area contributed by atoms with Gasteiger partial charge in [-0.3, -0.25) is 0 Å². The summed E-state index contributed by atoms with van der Waals surface area (Å²) in [5.74, 6) is 1.27. The lowest BCUT2D eigenvalue weighted by molar-refractivity contribution is -0.00402. The minimum atomic E-state index is -0.860. The molecule has 0 aliphatic carbocycles. The molecule has 0 saturated carbocycles. The molecule has 1 rings (SSSR count). The standard InChI is InChI=1S/C14H24N2O/c1-10(2)8-14(17,9-11(3)4)12-6-5-7-16-13(12)15/h5-7,10-11,17H,8-9H2,1-4H3,(H2,15,16). The van der Waals surface area contributed by atoms with Crippen LogP contribution in [0.15, 0.2) is 18.3 Å². The Bertz CT molecular complexity index is 351. The van der Waals surface area contributed by atoms with Crippen LogP contribution in [0.4, 0.5) is 5.82 Å². The van der Waals surface area contributed by atoms with Gasteiger partial charge in [0.05, 0.1) is 5.60 Å². The quantitative estimate of drug-likeness (QED) is 0.826. The van der Waals surface area contributed by atoms with Crippen LogP contribution in [-0.4, -0.2) is 10.1 Å². The number of hydrogen-bond acceptors (Lipinski definition) is 3. The maximum Gasteiger partial charge on any atom is 0.129 e. The van der Waals surface area contributed by atoms with Crippen LogP contribution < -0.4 is 5.73 Å². The lowest BCUT2D eigenvalue weighted by Gasteiger charge is -2.32. The summed E-state index contributed by atoms with van der Waals surface area (Å²) in [4.78, 5) is 4.08. The minimum Gasteiger partial charge on any atom is -0.385 e. The Labute approximate surface area is 104 Å². The van der Waals surface area contributed by atoms with Crippen LogP contribution in [0.1, 0.15) is 46.1 Å². The molecule has 0 aliphatic heterocycles. The summed E-state index contributed by atoms with van der Waals surface area (Å²) in [5, 5.41) is 10.9. The van der Waals surface area contributed by atoms with Crippen LogP contribution >= 0.6 is 0 Å². The SMILES string of the molecule is CC(C)CC(O)(CC(C)C)c1cccnc1N. The zero-order valence-corrected chi connectivity index (χ0v) is 11.3. The fraction of sp³-hybridized carbons (Fsp3) is 0.643. The molecule has 0 aromatic carbocycles. The highest BCUT2D eigenvalue weighted by Gasteiger charge is 2.33. The summed E-state index contributed by atoms with van der Waals surface area (Å²) < 4.78 is 0.